The molecule has 0 saturated carbocycles. The van der Waals surface area contributed by atoms with Crippen LogP contribution in [0.15, 0.2) is 34.8 Å². The van der Waals surface area contributed by atoms with Crippen LogP contribution in [0.2, 0.25) is 0 Å². The van der Waals surface area contributed by atoms with Crippen LogP contribution in [0.3, 0.4) is 0 Å². The molecule has 2 nitrogen and oxygen atoms in total. The van der Waals surface area contributed by atoms with Crippen molar-refractivity contribution >= 4 is 27.4 Å². The van der Waals surface area contributed by atoms with Crippen LogP contribution in [0, 0.1) is 20.8 Å². The molecule has 0 amide bonds. The number of nitrogens with two attached hydrogens (primary N) is 1. The van der Waals surface area contributed by atoms with Gasteiger partial charge in [0, 0.05) is 16.8 Å². The highest BCUT2D eigenvalue weighted by Crippen LogP contribution is 2.28. The Bertz CT molecular complexity index is 639. The van der Waals surface area contributed by atoms with Gasteiger partial charge in [-0.05, 0) is 60.0 Å². The first-order valence-corrected chi connectivity index (χ1v) is 6.87. The topological polar surface area (TPSA) is 43.1 Å². The maximum atomic E-state index is 12.7. The van der Waals surface area contributed by atoms with E-state index in [1.807, 2.05) is 32.9 Å². The summed E-state index contributed by atoms with van der Waals surface area (Å²) in [6.07, 6.45) is 0. The van der Waals surface area contributed by atoms with Gasteiger partial charge in [0.25, 0.3) is 0 Å². The molecule has 0 atom stereocenters. The number of halogens is 1. The molecule has 2 aromatic carbocycles. The SMILES string of the molecule is Cc1cc(C)c(C(=O)c2cccc(N)c2Br)c(C)c1. The summed E-state index contributed by atoms with van der Waals surface area (Å²) in [7, 11) is 0. The standard InChI is InChI=1S/C16H16BrNO/c1-9-7-10(2)14(11(3)8-9)16(19)12-5-4-6-13(18)15(12)17/h4-8H,18H2,1-3H3. The summed E-state index contributed by atoms with van der Waals surface area (Å²) >= 11 is 3.40. The van der Waals surface area contributed by atoms with Crippen molar-refractivity contribution in [3.8, 4) is 0 Å². The van der Waals surface area contributed by atoms with Gasteiger partial charge in [-0.25, -0.2) is 0 Å². The lowest BCUT2D eigenvalue weighted by Crippen LogP contribution is -2.08. The predicted octanol–water partition coefficient (Wildman–Crippen LogP) is 4.19. The van der Waals surface area contributed by atoms with Gasteiger partial charge < -0.3 is 5.73 Å². The lowest BCUT2D eigenvalue weighted by molar-refractivity contribution is 0.103. The molecule has 3 heteroatoms. The fourth-order valence-electron chi connectivity index (χ4n) is 2.40. The molecule has 0 heterocycles. The zero-order valence-corrected chi connectivity index (χ0v) is 12.8. The molecular formula is C16H16BrNO. The molecule has 2 aromatic rings. The normalized spacial score (nSPS) is 10.5. The Labute approximate surface area is 121 Å². The number of aryl methyl sites for hydroxylation is 3. The molecule has 0 fully saturated rings. The van der Waals surface area contributed by atoms with E-state index in [4.69, 9.17) is 5.73 Å². The number of hydrogen-bond donors (Lipinski definition) is 1. The summed E-state index contributed by atoms with van der Waals surface area (Å²) in [5, 5.41) is 0. The quantitative estimate of drug-likeness (QED) is 0.666. The molecule has 0 bridgehead atoms. The van der Waals surface area contributed by atoms with E-state index in [1.165, 1.54) is 0 Å². The largest absolute Gasteiger partial charge is 0.398 e. The minimum atomic E-state index is 0.00850. The van der Waals surface area contributed by atoms with Crippen molar-refractivity contribution in [2.24, 2.45) is 0 Å². The fourth-order valence-corrected chi connectivity index (χ4v) is 2.84. The molecule has 98 valence electrons. The van der Waals surface area contributed by atoms with Gasteiger partial charge >= 0.3 is 0 Å². The van der Waals surface area contributed by atoms with E-state index >= 15 is 0 Å². The molecule has 0 unspecified atom stereocenters. The molecule has 0 saturated heterocycles. The van der Waals surface area contributed by atoms with Crippen LogP contribution in [-0.2, 0) is 0 Å². The van der Waals surface area contributed by atoms with Crippen LogP contribution >= 0.6 is 15.9 Å². The zero-order chi connectivity index (χ0) is 14.2. The van der Waals surface area contributed by atoms with E-state index in [1.54, 1.807) is 18.2 Å². The van der Waals surface area contributed by atoms with Crippen LogP contribution in [0.1, 0.15) is 32.6 Å². The Morgan fingerprint density at radius 3 is 2.26 bits per heavy atom. The molecule has 2 N–H and O–H groups in total. The van der Waals surface area contributed by atoms with Gasteiger partial charge in [0.2, 0.25) is 0 Å². The number of hydrogen-bond acceptors (Lipinski definition) is 2. The first-order valence-electron chi connectivity index (χ1n) is 6.08. The summed E-state index contributed by atoms with van der Waals surface area (Å²) in [4.78, 5) is 12.7. The van der Waals surface area contributed by atoms with Crippen molar-refractivity contribution < 1.29 is 4.79 Å². The van der Waals surface area contributed by atoms with Gasteiger partial charge in [0.15, 0.2) is 5.78 Å². The first-order chi connectivity index (χ1) is 8.91. The van der Waals surface area contributed by atoms with Gasteiger partial charge in [-0.15, -0.1) is 0 Å². The van der Waals surface area contributed by atoms with E-state index in [0.29, 0.717) is 15.7 Å². The minimum Gasteiger partial charge on any atom is -0.398 e. The van der Waals surface area contributed by atoms with Gasteiger partial charge in [-0.2, -0.15) is 0 Å². The summed E-state index contributed by atoms with van der Waals surface area (Å²) in [6.45, 7) is 5.96. The number of carbonyl (C=O) groups is 1. The summed E-state index contributed by atoms with van der Waals surface area (Å²) < 4.78 is 0.666. The average molecular weight is 318 g/mol. The molecule has 0 aliphatic rings. The smallest absolute Gasteiger partial charge is 0.194 e. The van der Waals surface area contributed by atoms with E-state index in [9.17, 15) is 4.79 Å². The van der Waals surface area contributed by atoms with Crippen LogP contribution in [0.5, 0.6) is 0 Å². The lowest BCUT2D eigenvalue weighted by Gasteiger charge is -2.12. The van der Waals surface area contributed by atoms with Crippen molar-refractivity contribution in [1.82, 2.24) is 0 Å². The lowest BCUT2D eigenvalue weighted by atomic mass is 9.93. The number of nitrogen functional groups attached to an aromatic ring is 1. The monoisotopic (exact) mass is 317 g/mol. The maximum absolute atomic E-state index is 12.7. The third kappa shape index (κ3) is 2.56. The Kier molecular flexibility index (Phi) is 3.76. The van der Waals surface area contributed by atoms with Gasteiger partial charge in [-0.3, -0.25) is 4.79 Å². The van der Waals surface area contributed by atoms with Crippen LogP contribution in [0.25, 0.3) is 0 Å². The Hall–Kier alpha value is -1.61. The second-order valence-corrected chi connectivity index (χ2v) is 5.60. The van der Waals surface area contributed by atoms with Crippen LogP contribution in [0.4, 0.5) is 5.69 Å². The molecule has 0 aliphatic carbocycles. The van der Waals surface area contributed by atoms with E-state index in [-0.39, 0.29) is 5.78 Å². The van der Waals surface area contributed by atoms with Crippen LogP contribution in [-0.4, -0.2) is 5.78 Å². The Balaban J connectivity index is 2.60. The summed E-state index contributed by atoms with van der Waals surface area (Å²) in [5.41, 5.74) is 10.9. The molecular weight excluding hydrogens is 302 g/mol. The van der Waals surface area contributed by atoms with Gasteiger partial charge in [-0.1, -0.05) is 23.8 Å². The van der Waals surface area contributed by atoms with Gasteiger partial charge in [0.05, 0.1) is 4.47 Å². The van der Waals surface area contributed by atoms with Crippen LogP contribution < -0.4 is 5.73 Å². The summed E-state index contributed by atoms with van der Waals surface area (Å²) in [6, 6.07) is 9.42. The fraction of sp³-hybridized carbons (Fsp3) is 0.188. The Morgan fingerprint density at radius 2 is 1.68 bits per heavy atom. The predicted molar refractivity (Wildman–Crippen MR) is 82.6 cm³/mol. The minimum absolute atomic E-state index is 0.00850. The number of rotatable bonds is 2. The number of benzene rings is 2. The van der Waals surface area contributed by atoms with E-state index in [2.05, 4.69) is 15.9 Å². The highest BCUT2D eigenvalue weighted by atomic mass is 79.9. The van der Waals surface area contributed by atoms with Crippen molar-refractivity contribution in [1.29, 1.82) is 0 Å². The highest BCUT2D eigenvalue weighted by Gasteiger charge is 2.18. The molecule has 2 rings (SSSR count). The van der Waals surface area contributed by atoms with Crippen molar-refractivity contribution in [3.05, 3.63) is 62.6 Å². The first kappa shape index (κ1) is 13.8. The molecule has 19 heavy (non-hydrogen) atoms. The van der Waals surface area contributed by atoms with Crippen molar-refractivity contribution in [3.63, 3.8) is 0 Å². The third-order valence-corrected chi connectivity index (χ3v) is 4.06. The second kappa shape index (κ2) is 5.17. The van der Waals surface area contributed by atoms with Crippen molar-refractivity contribution in [2.75, 3.05) is 5.73 Å². The van der Waals surface area contributed by atoms with E-state index < -0.39 is 0 Å². The Morgan fingerprint density at radius 1 is 1.11 bits per heavy atom. The molecule has 0 radical (unpaired) electrons. The number of carbonyl (C=O) groups excluding carboxylic acids is 1. The maximum Gasteiger partial charge on any atom is 0.194 e. The molecule has 0 spiro atoms. The summed E-state index contributed by atoms with van der Waals surface area (Å²) in [5.74, 6) is 0.00850. The molecule has 0 aliphatic heterocycles. The van der Waals surface area contributed by atoms with Gasteiger partial charge in [0.1, 0.15) is 0 Å². The third-order valence-electron chi connectivity index (χ3n) is 3.18. The zero-order valence-electron chi connectivity index (χ0n) is 11.3. The highest BCUT2D eigenvalue weighted by molar-refractivity contribution is 9.10. The van der Waals surface area contributed by atoms with Crippen molar-refractivity contribution in [2.45, 2.75) is 20.8 Å². The molecule has 0 aromatic heterocycles. The number of anilines is 1. The number of ketones is 1. The average Bonchev–Trinajstić information content (AvgIpc) is 2.31. The second-order valence-electron chi connectivity index (χ2n) is 4.81. The van der Waals surface area contributed by atoms with E-state index in [0.717, 1.165) is 22.3 Å².